The van der Waals surface area contributed by atoms with Crippen LogP contribution in [-0.2, 0) is 0 Å². The second-order valence-electron chi connectivity index (χ2n) is 2.99. The molecule has 1 aromatic rings. The van der Waals surface area contributed by atoms with Crippen LogP contribution in [0.1, 0.15) is 25.3 Å². The summed E-state index contributed by atoms with van der Waals surface area (Å²) in [6, 6.07) is 1.46. The molecule has 0 radical (unpaired) electrons. The highest BCUT2D eigenvalue weighted by Crippen LogP contribution is 2.25. The van der Waals surface area contributed by atoms with Crippen molar-refractivity contribution in [3.63, 3.8) is 0 Å². The highest BCUT2D eigenvalue weighted by molar-refractivity contribution is 6.31. The normalized spacial score (nSPS) is 10.5. The third-order valence-corrected chi connectivity index (χ3v) is 2.00. The number of hydrogen-bond acceptors (Lipinski definition) is 3. The van der Waals surface area contributed by atoms with Gasteiger partial charge in [0, 0.05) is 12.3 Å². The fourth-order valence-electron chi connectivity index (χ4n) is 0.896. The van der Waals surface area contributed by atoms with Crippen LogP contribution in [0.5, 0.6) is 0 Å². The molecule has 70 valence electrons. The second kappa shape index (κ2) is 3.70. The Kier molecular flexibility index (Phi) is 2.83. The van der Waals surface area contributed by atoms with Gasteiger partial charge in [0.15, 0.2) is 0 Å². The van der Waals surface area contributed by atoms with Crippen molar-refractivity contribution in [1.29, 1.82) is 0 Å². The molecule has 0 N–H and O–H groups in total. The Morgan fingerprint density at radius 2 is 2.23 bits per heavy atom. The lowest BCUT2D eigenvalue weighted by molar-refractivity contribution is -0.385. The summed E-state index contributed by atoms with van der Waals surface area (Å²) >= 11 is 5.54. The maximum absolute atomic E-state index is 10.5. The van der Waals surface area contributed by atoms with Gasteiger partial charge >= 0.3 is 5.69 Å². The van der Waals surface area contributed by atoms with Gasteiger partial charge in [-0.1, -0.05) is 25.4 Å². The minimum absolute atomic E-state index is 0.0607. The van der Waals surface area contributed by atoms with E-state index in [9.17, 15) is 10.1 Å². The zero-order valence-corrected chi connectivity index (χ0v) is 8.08. The van der Waals surface area contributed by atoms with Gasteiger partial charge in [-0.25, -0.2) is 4.98 Å². The summed E-state index contributed by atoms with van der Waals surface area (Å²) in [6.07, 6.45) is 1.56. The lowest BCUT2D eigenvalue weighted by Crippen LogP contribution is -1.95. The number of pyridine rings is 1. The van der Waals surface area contributed by atoms with Gasteiger partial charge in [-0.2, -0.15) is 0 Å². The van der Waals surface area contributed by atoms with E-state index in [1.54, 1.807) is 6.20 Å². The Morgan fingerprint density at radius 1 is 1.62 bits per heavy atom. The van der Waals surface area contributed by atoms with Crippen LogP contribution in [0.2, 0.25) is 5.15 Å². The number of nitro groups is 1. The van der Waals surface area contributed by atoms with Gasteiger partial charge in [-0.15, -0.1) is 0 Å². The first-order chi connectivity index (χ1) is 6.02. The molecule has 0 aliphatic rings. The molecule has 0 fully saturated rings. The zero-order valence-electron chi connectivity index (χ0n) is 7.32. The van der Waals surface area contributed by atoms with E-state index in [0.717, 1.165) is 5.56 Å². The van der Waals surface area contributed by atoms with Crippen LogP contribution in [-0.4, -0.2) is 9.91 Å². The van der Waals surface area contributed by atoms with Crippen LogP contribution >= 0.6 is 11.6 Å². The average Bonchev–Trinajstić information content (AvgIpc) is 2.04. The Bertz CT molecular complexity index is 339. The van der Waals surface area contributed by atoms with Gasteiger partial charge in [0.2, 0.25) is 5.15 Å². The van der Waals surface area contributed by atoms with Crippen molar-refractivity contribution in [2.45, 2.75) is 19.8 Å². The first-order valence-electron chi connectivity index (χ1n) is 3.82. The monoisotopic (exact) mass is 200 g/mol. The Balaban J connectivity index is 3.19. The maximum Gasteiger partial charge on any atom is 0.306 e. The smallest absolute Gasteiger partial charge is 0.258 e. The molecule has 4 nitrogen and oxygen atoms in total. The highest BCUT2D eigenvalue weighted by Gasteiger charge is 2.15. The third kappa shape index (κ3) is 2.15. The molecule has 0 spiro atoms. The molecule has 0 unspecified atom stereocenters. The molecule has 0 saturated heterocycles. The van der Waals surface area contributed by atoms with Crippen molar-refractivity contribution in [2.75, 3.05) is 0 Å². The van der Waals surface area contributed by atoms with Crippen molar-refractivity contribution in [1.82, 2.24) is 4.98 Å². The predicted molar refractivity (Wildman–Crippen MR) is 50.0 cm³/mol. The van der Waals surface area contributed by atoms with E-state index in [4.69, 9.17) is 11.6 Å². The quantitative estimate of drug-likeness (QED) is 0.419. The molecule has 5 heteroatoms. The first kappa shape index (κ1) is 9.92. The van der Waals surface area contributed by atoms with Crippen LogP contribution < -0.4 is 0 Å². The third-order valence-electron chi connectivity index (χ3n) is 1.71. The number of halogens is 1. The summed E-state index contributed by atoms with van der Waals surface area (Å²) in [5.41, 5.74) is 0.684. The van der Waals surface area contributed by atoms with E-state index in [1.165, 1.54) is 6.07 Å². The molecule has 0 bridgehead atoms. The molecule has 1 rings (SSSR count). The predicted octanol–water partition coefficient (Wildman–Crippen LogP) is 2.77. The molecule has 1 heterocycles. The minimum atomic E-state index is -0.527. The molecule has 0 aliphatic heterocycles. The number of aromatic nitrogens is 1. The summed E-state index contributed by atoms with van der Waals surface area (Å²) in [7, 11) is 0. The van der Waals surface area contributed by atoms with E-state index < -0.39 is 4.92 Å². The van der Waals surface area contributed by atoms with Crippen molar-refractivity contribution in [2.24, 2.45) is 0 Å². The van der Waals surface area contributed by atoms with Crippen LogP contribution in [0.15, 0.2) is 12.3 Å². The van der Waals surface area contributed by atoms with Gasteiger partial charge in [0.1, 0.15) is 0 Å². The molecule has 13 heavy (non-hydrogen) atoms. The zero-order chi connectivity index (χ0) is 10.0. The molecule has 1 aromatic heterocycles. The average molecular weight is 201 g/mol. The van der Waals surface area contributed by atoms with Gasteiger partial charge in [-0.05, 0) is 11.5 Å². The molecule has 0 amide bonds. The molecular weight excluding hydrogens is 192 g/mol. The van der Waals surface area contributed by atoms with Crippen molar-refractivity contribution in [3.8, 4) is 0 Å². The lowest BCUT2D eigenvalue weighted by Gasteiger charge is -2.03. The largest absolute Gasteiger partial charge is 0.306 e. The van der Waals surface area contributed by atoms with Crippen molar-refractivity contribution < 1.29 is 4.92 Å². The van der Waals surface area contributed by atoms with E-state index in [1.807, 2.05) is 13.8 Å². The van der Waals surface area contributed by atoms with Gasteiger partial charge in [-0.3, -0.25) is 10.1 Å². The van der Waals surface area contributed by atoms with E-state index >= 15 is 0 Å². The molecule has 0 atom stereocenters. The number of hydrogen-bond donors (Lipinski definition) is 0. The van der Waals surface area contributed by atoms with E-state index in [0.29, 0.717) is 0 Å². The Hall–Kier alpha value is -1.16. The summed E-state index contributed by atoms with van der Waals surface area (Å²) in [6.45, 7) is 3.88. The summed E-state index contributed by atoms with van der Waals surface area (Å²) in [5, 5.41) is 10.4. The van der Waals surface area contributed by atoms with Gasteiger partial charge in [0.05, 0.1) is 4.92 Å². The molecule has 0 saturated carbocycles. The van der Waals surface area contributed by atoms with Crippen LogP contribution in [0, 0.1) is 10.1 Å². The summed E-state index contributed by atoms with van der Waals surface area (Å²) in [4.78, 5) is 13.7. The number of nitrogens with zero attached hydrogens (tertiary/aromatic N) is 2. The van der Waals surface area contributed by atoms with Crippen molar-refractivity contribution in [3.05, 3.63) is 33.1 Å². The molecule has 0 aliphatic carbocycles. The van der Waals surface area contributed by atoms with Crippen LogP contribution in [0.3, 0.4) is 0 Å². The molecule has 0 aromatic carbocycles. The standard InChI is InChI=1S/C8H9ClN2O2/c1-5(2)6-3-7(11(12)13)8(9)10-4-6/h3-5H,1-2H3. The van der Waals surface area contributed by atoms with E-state index in [2.05, 4.69) is 4.98 Å². The topological polar surface area (TPSA) is 56.0 Å². The fraction of sp³-hybridized carbons (Fsp3) is 0.375. The van der Waals surface area contributed by atoms with Gasteiger partial charge < -0.3 is 0 Å². The first-order valence-corrected chi connectivity index (χ1v) is 4.20. The number of rotatable bonds is 2. The SMILES string of the molecule is CC(C)c1cnc(Cl)c([N+](=O)[O-])c1. The Morgan fingerprint density at radius 3 is 2.69 bits per heavy atom. The second-order valence-corrected chi connectivity index (χ2v) is 3.35. The summed E-state index contributed by atoms with van der Waals surface area (Å²) < 4.78 is 0. The molecular formula is C8H9ClN2O2. The highest BCUT2D eigenvalue weighted by atomic mass is 35.5. The van der Waals surface area contributed by atoms with Gasteiger partial charge in [0.25, 0.3) is 0 Å². The Labute approximate surface area is 80.7 Å². The maximum atomic E-state index is 10.5. The fourth-order valence-corrected chi connectivity index (χ4v) is 1.07. The van der Waals surface area contributed by atoms with Crippen molar-refractivity contribution >= 4 is 17.3 Å². The lowest BCUT2D eigenvalue weighted by atomic mass is 10.1. The van der Waals surface area contributed by atoms with Crippen LogP contribution in [0.4, 0.5) is 5.69 Å². The van der Waals surface area contributed by atoms with Crippen LogP contribution in [0.25, 0.3) is 0 Å². The minimum Gasteiger partial charge on any atom is -0.258 e. The summed E-state index contributed by atoms with van der Waals surface area (Å²) in [5.74, 6) is 0.212. The van der Waals surface area contributed by atoms with E-state index in [-0.39, 0.29) is 16.8 Å².